The minimum atomic E-state index is -0.414. The molecule has 0 radical (unpaired) electrons. The molecular weight excluding hydrogens is 346 g/mol. The molecule has 8 heteroatoms. The lowest BCUT2D eigenvalue weighted by Gasteiger charge is -2.37. The Labute approximate surface area is 158 Å². The quantitative estimate of drug-likeness (QED) is 0.793. The second kappa shape index (κ2) is 8.30. The molecule has 3 rings (SSSR count). The molecule has 1 aromatic heterocycles. The first kappa shape index (κ1) is 19.0. The average Bonchev–Trinajstić information content (AvgIpc) is 3.08. The third-order valence-electron chi connectivity index (χ3n) is 4.64. The molecule has 8 nitrogen and oxygen atoms in total. The fourth-order valence-corrected chi connectivity index (χ4v) is 3.20. The van der Waals surface area contributed by atoms with E-state index < -0.39 is 6.04 Å². The molecule has 144 valence electrons. The molecule has 2 N–H and O–H groups in total. The van der Waals surface area contributed by atoms with Crippen molar-refractivity contribution in [3.8, 4) is 11.4 Å². The summed E-state index contributed by atoms with van der Waals surface area (Å²) in [5, 5.41) is 9.62. The molecule has 0 aliphatic carbocycles. The molecule has 1 aromatic carbocycles. The number of benzene rings is 1. The summed E-state index contributed by atoms with van der Waals surface area (Å²) in [6, 6.07) is 7.41. The SMILES string of the molecule is Cc1nc(-c2ccc(CNC(=O)CC3C(=O)NCCN3C(C)C)cc2)no1. The number of hydrogen-bond acceptors (Lipinski definition) is 6. The van der Waals surface area contributed by atoms with Gasteiger partial charge in [-0.15, -0.1) is 0 Å². The summed E-state index contributed by atoms with van der Waals surface area (Å²) in [6.45, 7) is 7.61. The molecule has 0 bridgehead atoms. The van der Waals surface area contributed by atoms with Crippen LogP contribution in [0.1, 0.15) is 31.7 Å². The fourth-order valence-electron chi connectivity index (χ4n) is 3.20. The molecule has 1 saturated heterocycles. The summed E-state index contributed by atoms with van der Waals surface area (Å²) in [7, 11) is 0. The maximum atomic E-state index is 12.3. The monoisotopic (exact) mass is 371 g/mol. The minimum Gasteiger partial charge on any atom is -0.353 e. The van der Waals surface area contributed by atoms with Gasteiger partial charge in [-0.1, -0.05) is 29.4 Å². The van der Waals surface area contributed by atoms with Gasteiger partial charge in [0.25, 0.3) is 0 Å². The van der Waals surface area contributed by atoms with Gasteiger partial charge >= 0.3 is 0 Å². The van der Waals surface area contributed by atoms with Crippen molar-refractivity contribution >= 4 is 11.8 Å². The van der Waals surface area contributed by atoms with Gasteiger partial charge in [-0.05, 0) is 19.4 Å². The molecule has 27 heavy (non-hydrogen) atoms. The molecule has 1 aliphatic rings. The van der Waals surface area contributed by atoms with E-state index in [1.807, 2.05) is 38.1 Å². The highest BCUT2D eigenvalue weighted by Crippen LogP contribution is 2.16. The van der Waals surface area contributed by atoms with Crippen LogP contribution in [0, 0.1) is 6.92 Å². The van der Waals surface area contributed by atoms with E-state index >= 15 is 0 Å². The van der Waals surface area contributed by atoms with Gasteiger partial charge in [-0.25, -0.2) is 0 Å². The first-order chi connectivity index (χ1) is 12.9. The molecule has 1 aliphatic heterocycles. The summed E-state index contributed by atoms with van der Waals surface area (Å²) in [5.41, 5.74) is 1.81. The van der Waals surface area contributed by atoms with E-state index in [1.165, 1.54) is 0 Å². The Bertz CT molecular complexity index is 800. The van der Waals surface area contributed by atoms with Crippen molar-refractivity contribution in [2.75, 3.05) is 13.1 Å². The number of carbonyl (C=O) groups excluding carboxylic acids is 2. The van der Waals surface area contributed by atoms with Crippen LogP contribution in [0.4, 0.5) is 0 Å². The predicted molar refractivity (Wildman–Crippen MR) is 99.6 cm³/mol. The van der Waals surface area contributed by atoms with Gasteiger partial charge in [-0.3, -0.25) is 14.5 Å². The van der Waals surface area contributed by atoms with Gasteiger partial charge in [0, 0.05) is 38.2 Å². The van der Waals surface area contributed by atoms with Gasteiger partial charge < -0.3 is 15.2 Å². The maximum absolute atomic E-state index is 12.3. The first-order valence-corrected chi connectivity index (χ1v) is 9.14. The number of nitrogens with one attached hydrogen (secondary N) is 2. The van der Waals surface area contributed by atoms with Crippen LogP contribution < -0.4 is 10.6 Å². The number of aryl methyl sites for hydroxylation is 1. The number of nitrogens with zero attached hydrogens (tertiary/aromatic N) is 3. The Morgan fingerprint density at radius 1 is 1.37 bits per heavy atom. The van der Waals surface area contributed by atoms with E-state index in [9.17, 15) is 9.59 Å². The number of rotatable bonds is 6. The van der Waals surface area contributed by atoms with Crippen molar-refractivity contribution in [2.45, 2.75) is 45.8 Å². The van der Waals surface area contributed by atoms with E-state index in [4.69, 9.17) is 4.52 Å². The van der Waals surface area contributed by atoms with Crippen molar-refractivity contribution < 1.29 is 14.1 Å². The minimum absolute atomic E-state index is 0.0788. The van der Waals surface area contributed by atoms with E-state index in [0.717, 1.165) is 17.7 Å². The van der Waals surface area contributed by atoms with Crippen LogP contribution in [0.3, 0.4) is 0 Å². The molecule has 0 spiro atoms. The molecule has 0 saturated carbocycles. The Morgan fingerprint density at radius 2 is 2.11 bits per heavy atom. The summed E-state index contributed by atoms with van der Waals surface area (Å²) in [4.78, 5) is 30.7. The highest BCUT2D eigenvalue weighted by atomic mass is 16.5. The highest BCUT2D eigenvalue weighted by Gasteiger charge is 2.32. The van der Waals surface area contributed by atoms with Crippen molar-refractivity contribution in [1.82, 2.24) is 25.7 Å². The Hall–Kier alpha value is -2.74. The smallest absolute Gasteiger partial charge is 0.237 e. The van der Waals surface area contributed by atoms with Crippen LogP contribution in [-0.4, -0.2) is 52.0 Å². The summed E-state index contributed by atoms with van der Waals surface area (Å²) in [6.07, 6.45) is 0.157. The zero-order chi connectivity index (χ0) is 19.4. The van der Waals surface area contributed by atoms with E-state index in [-0.39, 0.29) is 24.3 Å². The lowest BCUT2D eigenvalue weighted by Crippen LogP contribution is -2.58. The largest absolute Gasteiger partial charge is 0.353 e. The van der Waals surface area contributed by atoms with Crippen LogP contribution in [0.15, 0.2) is 28.8 Å². The summed E-state index contributed by atoms with van der Waals surface area (Å²) >= 11 is 0. The fraction of sp³-hybridized carbons (Fsp3) is 0.474. The number of piperazine rings is 1. The number of amides is 2. The number of hydrogen-bond donors (Lipinski definition) is 2. The normalized spacial score (nSPS) is 17.8. The standard InChI is InChI=1S/C19H25N5O3/c1-12(2)24-9-8-20-19(26)16(24)10-17(25)21-11-14-4-6-15(7-5-14)18-22-13(3)27-23-18/h4-7,12,16H,8-11H2,1-3H3,(H,20,26)(H,21,25). The molecule has 1 atom stereocenters. The predicted octanol–water partition coefficient (Wildman–Crippen LogP) is 1.26. The highest BCUT2D eigenvalue weighted by molar-refractivity contribution is 5.88. The second-order valence-electron chi connectivity index (χ2n) is 6.95. The van der Waals surface area contributed by atoms with E-state index in [2.05, 4.69) is 25.7 Å². The van der Waals surface area contributed by atoms with E-state index in [0.29, 0.717) is 24.8 Å². The zero-order valence-corrected chi connectivity index (χ0v) is 15.9. The van der Waals surface area contributed by atoms with Crippen molar-refractivity contribution in [2.24, 2.45) is 0 Å². The molecule has 2 aromatic rings. The number of carbonyl (C=O) groups is 2. The van der Waals surface area contributed by atoms with Gasteiger partial charge in [0.15, 0.2) is 0 Å². The van der Waals surface area contributed by atoms with Gasteiger partial charge in [0.05, 0.1) is 12.5 Å². The van der Waals surface area contributed by atoms with Gasteiger partial charge in [0.2, 0.25) is 23.5 Å². The lowest BCUT2D eigenvalue weighted by molar-refractivity contribution is -0.134. The van der Waals surface area contributed by atoms with Crippen LogP contribution in [0.5, 0.6) is 0 Å². The lowest BCUT2D eigenvalue weighted by atomic mass is 10.1. The third kappa shape index (κ3) is 4.71. The van der Waals surface area contributed by atoms with Gasteiger partial charge in [0.1, 0.15) is 0 Å². The van der Waals surface area contributed by atoms with Crippen LogP contribution in [0.25, 0.3) is 11.4 Å². The van der Waals surface area contributed by atoms with Crippen molar-refractivity contribution in [1.29, 1.82) is 0 Å². The average molecular weight is 371 g/mol. The number of aromatic nitrogens is 2. The third-order valence-corrected chi connectivity index (χ3v) is 4.64. The van der Waals surface area contributed by atoms with Crippen LogP contribution >= 0.6 is 0 Å². The molecule has 2 amide bonds. The Balaban J connectivity index is 1.54. The van der Waals surface area contributed by atoms with Gasteiger partial charge in [-0.2, -0.15) is 4.98 Å². The molecule has 2 heterocycles. The molecular formula is C19H25N5O3. The summed E-state index contributed by atoms with van der Waals surface area (Å²) < 4.78 is 4.98. The zero-order valence-electron chi connectivity index (χ0n) is 15.9. The Morgan fingerprint density at radius 3 is 2.74 bits per heavy atom. The van der Waals surface area contributed by atoms with Crippen molar-refractivity contribution in [3.63, 3.8) is 0 Å². The molecule has 1 unspecified atom stereocenters. The Kier molecular flexibility index (Phi) is 5.85. The van der Waals surface area contributed by atoms with Crippen LogP contribution in [-0.2, 0) is 16.1 Å². The topological polar surface area (TPSA) is 100 Å². The summed E-state index contributed by atoms with van der Waals surface area (Å²) in [5.74, 6) is 0.842. The van der Waals surface area contributed by atoms with E-state index in [1.54, 1.807) is 6.92 Å². The second-order valence-corrected chi connectivity index (χ2v) is 6.95. The van der Waals surface area contributed by atoms with Crippen molar-refractivity contribution in [3.05, 3.63) is 35.7 Å². The maximum Gasteiger partial charge on any atom is 0.237 e. The van der Waals surface area contributed by atoms with Crippen LogP contribution in [0.2, 0.25) is 0 Å². The first-order valence-electron chi connectivity index (χ1n) is 9.14. The molecule has 1 fully saturated rings.